The highest BCUT2D eigenvalue weighted by atomic mass is 32.1. The highest BCUT2D eigenvalue weighted by molar-refractivity contribution is 7.25. The Hall–Kier alpha value is -7.40. The largest absolute Gasteiger partial charge is 0.309 e. The monoisotopic (exact) mass is 757 g/mol. The molecule has 3 heterocycles. The van der Waals surface area contributed by atoms with Crippen LogP contribution >= 0.6 is 11.3 Å². The number of aromatic nitrogens is 2. The Balaban J connectivity index is 1.16. The number of anilines is 3. The molecule has 12 rings (SSSR count). The molecule has 0 saturated carbocycles. The van der Waals surface area contributed by atoms with Gasteiger partial charge in [0.05, 0.1) is 27.8 Å². The van der Waals surface area contributed by atoms with Gasteiger partial charge in [0, 0.05) is 64.5 Å². The van der Waals surface area contributed by atoms with Crippen molar-refractivity contribution in [3.05, 3.63) is 212 Å². The average Bonchev–Trinajstić information content (AvgIpc) is 3.95. The van der Waals surface area contributed by atoms with Crippen molar-refractivity contribution >= 4 is 92.2 Å². The van der Waals surface area contributed by atoms with Crippen LogP contribution in [0.3, 0.4) is 0 Å². The molecule has 0 N–H and O–H groups in total. The Labute approximate surface area is 339 Å². The number of nitrogens with zero attached hydrogens (tertiary/aromatic N) is 3. The third-order valence-corrected chi connectivity index (χ3v) is 12.8. The van der Waals surface area contributed by atoms with Crippen LogP contribution in [0.4, 0.5) is 17.1 Å². The van der Waals surface area contributed by atoms with Crippen molar-refractivity contribution in [2.75, 3.05) is 4.90 Å². The molecule has 4 heteroatoms. The number of hydrogen-bond acceptors (Lipinski definition) is 2. The molecule has 0 saturated heterocycles. The van der Waals surface area contributed by atoms with Gasteiger partial charge in [0.2, 0.25) is 0 Å². The SMILES string of the molecule is c1ccc(N(c2ccccc2)c2cc(-c3ccc4c5ccccc5n(-c5ccc6sc7ccccc7c6c5)c4c3)cc3c4ccccc4n(-c4ccccc4)c23)cc1. The third kappa shape index (κ3) is 5.05. The molecule has 58 heavy (non-hydrogen) atoms. The van der Waals surface area contributed by atoms with Gasteiger partial charge in [-0.15, -0.1) is 11.3 Å². The highest BCUT2D eigenvalue weighted by Crippen LogP contribution is 2.46. The number of benzene rings is 9. The molecule has 9 aromatic carbocycles. The summed E-state index contributed by atoms with van der Waals surface area (Å²) in [6.07, 6.45) is 0. The van der Waals surface area contributed by atoms with Crippen LogP contribution in [-0.4, -0.2) is 9.13 Å². The molecule has 3 nitrogen and oxygen atoms in total. The molecule has 0 aliphatic rings. The van der Waals surface area contributed by atoms with E-state index in [0.717, 1.165) is 33.8 Å². The van der Waals surface area contributed by atoms with Gasteiger partial charge in [-0.25, -0.2) is 0 Å². The maximum atomic E-state index is 2.46. The standard InChI is InChI=1S/C54H35N3S/c1-4-16-38(17-5-1)55(39-18-6-2-7-19-39)51-34-37(32-47-43-23-11-14-26-49(43)57(54(47)51)40-20-8-3-9-21-40)36-28-30-44-42-22-10-13-25-48(42)56(50(44)33-36)41-29-31-53-46(35-41)45-24-12-15-27-52(45)58-53/h1-35H. The summed E-state index contributed by atoms with van der Waals surface area (Å²) < 4.78 is 7.52. The Kier molecular flexibility index (Phi) is 7.40. The van der Waals surface area contributed by atoms with E-state index in [-0.39, 0.29) is 0 Å². The molecule has 3 aromatic heterocycles. The van der Waals surface area contributed by atoms with Crippen molar-refractivity contribution in [1.29, 1.82) is 0 Å². The van der Waals surface area contributed by atoms with Gasteiger partial charge >= 0.3 is 0 Å². The van der Waals surface area contributed by atoms with Gasteiger partial charge in [-0.2, -0.15) is 0 Å². The van der Waals surface area contributed by atoms with E-state index in [1.807, 2.05) is 11.3 Å². The summed E-state index contributed by atoms with van der Waals surface area (Å²) in [6.45, 7) is 0. The minimum absolute atomic E-state index is 1.10. The van der Waals surface area contributed by atoms with Gasteiger partial charge in [-0.05, 0) is 102 Å². The van der Waals surface area contributed by atoms with Crippen molar-refractivity contribution in [3.63, 3.8) is 0 Å². The first-order chi connectivity index (χ1) is 28.8. The van der Waals surface area contributed by atoms with E-state index in [1.54, 1.807) is 0 Å². The van der Waals surface area contributed by atoms with E-state index in [0.29, 0.717) is 0 Å². The molecule has 0 aliphatic carbocycles. The molecule has 0 atom stereocenters. The fraction of sp³-hybridized carbons (Fsp3) is 0. The lowest BCUT2D eigenvalue weighted by Gasteiger charge is -2.27. The second-order valence-electron chi connectivity index (χ2n) is 14.9. The van der Waals surface area contributed by atoms with Crippen LogP contribution in [0.25, 0.3) is 86.3 Å². The molecule has 272 valence electrons. The molecule has 0 unspecified atom stereocenters. The van der Waals surface area contributed by atoms with Crippen molar-refractivity contribution in [2.45, 2.75) is 0 Å². The van der Waals surface area contributed by atoms with Crippen LogP contribution < -0.4 is 4.90 Å². The Bertz CT molecular complexity index is 3460. The number of rotatable bonds is 6. The van der Waals surface area contributed by atoms with Gasteiger partial charge in [-0.1, -0.05) is 121 Å². The van der Waals surface area contributed by atoms with Crippen molar-refractivity contribution in [3.8, 4) is 22.5 Å². The van der Waals surface area contributed by atoms with Crippen LogP contribution in [0.2, 0.25) is 0 Å². The number of fused-ring (bicyclic) bond motifs is 9. The minimum Gasteiger partial charge on any atom is -0.309 e. The predicted molar refractivity (Wildman–Crippen MR) is 248 cm³/mol. The van der Waals surface area contributed by atoms with Crippen molar-refractivity contribution < 1.29 is 0 Å². The summed E-state index contributed by atoms with van der Waals surface area (Å²) in [5.41, 5.74) is 12.7. The third-order valence-electron chi connectivity index (χ3n) is 11.7. The summed E-state index contributed by atoms with van der Waals surface area (Å²) in [5.74, 6) is 0. The Morgan fingerprint density at radius 2 is 0.897 bits per heavy atom. The molecule has 0 amide bonds. The lowest BCUT2D eigenvalue weighted by molar-refractivity contribution is 1.17. The Morgan fingerprint density at radius 1 is 0.328 bits per heavy atom. The highest BCUT2D eigenvalue weighted by Gasteiger charge is 2.23. The first kappa shape index (κ1) is 32.8. The number of hydrogen-bond donors (Lipinski definition) is 0. The maximum Gasteiger partial charge on any atom is 0.0782 e. The molecular formula is C54H35N3S. The summed E-state index contributed by atoms with van der Waals surface area (Å²) in [7, 11) is 0. The zero-order chi connectivity index (χ0) is 38.2. The predicted octanol–water partition coefficient (Wildman–Crippen LogP) is 15.4. The summed E-state index contributed by atoms with van der Waals surface area (Å²) in [6, 6.07) is 77.5. The lowest BCUT2D eigenvalue weighted by atomic mass is 9.99. The van der Waals surface area contributed by atoms with E-state index in [9.17, 15) is 0 Å². The second-order valence-corrected chi connectivity index (χ2v) is 16.0. The lowest BCUT2D eigenvalue weighted by Crippen LogP contribution is -2.11. The zero-order valence-electron chi connectivity index (χ0n) is 31.5. The van der Waals surface area contributed by atoms with Gasteiger partial charge in [0.25, 0.3) is 0 Å². The molecular weight excluding hydrogens is 723 g/mol. The van der Waals surface area contributed by atoms with Crippen LogP contribution in [0.1, 0.15) is 0 Å². The van der Waals surface area contributed by atoms with Crippen LogP contribution in [0.5, 0.6) is 0 Å². The van der Waals surface area contributed by atoms with Crippen LogP contribution in [0, 0.1) is 0 Å². The molecule has 0 fully saturated rings. The van der Waals surface area contributed by atoms with Gasteiger partial charge in [0.1, 0.15) is 0 Å². The summed E-state index contributed by atoms with van der Waals surface area (Å²) in [5, 5.41) is 7.53. The van der Waals surface area contributed by atoms with Gasteiger partial charge in [0.15, 0.2) is 0 Å². The second kappa shape index (κ2) is 13.1. The Morgan fingerprint density at radius 3 is 1.62 bits per heavy atom. The number of para-hydroxylation sites is 5. The average molecular weight is 758 g/mol. The first-order valence-corrected chi connectivity index (χ1v) is 20.6. The topological polar surface area (TPSA) is 13.1 Å². The first-order valence-electron chi connectivity index (χ1n) is 19.8. The molecule has 0 radical (unpaired) electrons. The molecule has 0 aliphatic heterocycles. The van der Waals surface area contributed by atoms with E-state index in [1.165, 1.54) is 69.5 Å². The smallest absolute Gasteiger partial charge is 0.0782 e. The molecule has 12 aromatic rings. The van der Waals surface area contributed by atoms with Gasteiger partial charge < -0.3 is 14.0 Å². The fourth-order valence-electron chi connectivity index (χ4n) is 9.12. The molecule has 0 bridgehead atoms. The van der Waals surface area contributed by atoms with Crippen molar-refractivity contribution in [1.82, 2.24) is 9.13 Å². The number of thiophene rings is 1. The van der Waals surface area contributed by atoms with Crippen LogP contribution in [-0.2, 0) is 0 Å². The van der Waals surface area contributed by atoms with E-state index >= 15 is 0 Å². The summed E-state index contributed by atoms with van der Waals surface area (Å²) in [4.78, 5) is 2.42. The van der Waals surface area contributed by atoms with Crippen LogP contribution in [0.15, 0.2) is 212 Å². The van der Waals surface area contributed by atoms with E-state index in [4.69, 9.17) is 0 Å². The normalized spacial score (nSPS) is 11.8. The summed E-state index contributed by atoms with van der Waals surface area (Å²) >= 11 is 1.86. The van der Waals surface area contributed by atoms with Crippen molar-refractivity contribution in [2.24, 2.45) is 0 Å². The molecule has 0 spiro atoms. The fourth-order valence-corrected chi connectivity index (χ4v) is 10.2. The maximum absolute atomic E-state index is 2.46. The zero-order valence-corrected chi connectivity index (χ0v) is 32.3. The van der Waals surface area contributed by atoms with E-state index < -0.39 is 0 Å². The minimum atomic E-state index is 1.10. The quantitative estimate of drug-likeness (QED) is 0.165. The van der Waals surface area contributed by atoms with E-state index in [2.05, 4.69) is 226 Å². The van der Waals surface area contributed by atoms with Gasteiger partial charge in [-0.3, -0.25) is 0 Å².